The van der Waals surface area contributed by atoms with Crippen molar-refractivity contribution in [3.05, 3.63) is 35.4 Å². The number of methoxy groups -OCH3 is 1. The maximum Gasteiger partial charge on any atom is 0.165 e. The molecule has 1 N–H and O–H groups in total. The summed E-state index contributed by atoms with van der Waals surface area (Å²) in [4.78, 5) is 0. The molecule has 1 unspecified atom stereocenters. The van der Waals surface area contributed by atoms with Crippen LogP contribution in [0.4, 0.5) is 0 Å². The molecule has 1 aromatic carbocycles. The number of benzene rings is 1. The van der Waals surface area contributed by atoms with Gasteiger partial charge in [0.15, 0.2) is 11.5 Å². The molecular weight excluding hydrogens is 238 g/mol. The highest BCUT2D eigenvalue weighted by atomic mass is 16.5. The Labute approximate surface area is 114 Å². The van der Waals surface area contributed by atoms with Crippen molar-refractivity contribution < 1.29 is 9.47 Å². The molecule has 1 aliphatic carbocycles. The Morgan fingerprint density at radius 2 is 2.32 bits per heavy atom. The lowest BCUT2D eigenvalue weighted by Crippen LogP contribution is -2.20. The van der Waals surface area contributed by atoms with Crippen LogP contribution in [0.2, 0.25) is 0 Å². The second-order valence-corrected chi connectivity index (χ2v) is 5.14. The van der Waals surface area contributed by atoms with Crippen molar-refractivity contribution in [2.75, 3.05) is 13.7 Å². The van der Waals surface area contributed by atoms with Gasteiger partial charge >= 0.3 is 0 Å². The number of nitrogens with one attached hydrogen (secondary N) is 1. The number of hydrogen-bond donors (Lipinski definition) is 1. The molecule has 1 aliphatic heterocycles. The lowest BCUT2D eigenvalue weighted by molar-refractivity contribution is 0.198. The lowest BCUT2D eigenvalue weighted by Gasteiger charge is -2.19. The number of rotatable bonds is 4. The Bertz CT molecular complexity index is 496. The van der Waals surface area contributed by atoms with Gasteiger partial charge in [0, 0.05) is 18.0 Å². The topological polar surface area (TPSA) is 30.5 Å². The second-order valence-electron chi connectivity index (χ2n) is 5.14. The SMILES string of the molecule is CCNCc1ccc(OC)c2c1C1C=CCC[C@@H]1O2. The van der Waals surface area contributed by atoms with Gasteiger partial charge in [-0.3, -0.25) is 0 Å². The van der Waals surface area contributed by atoms with Gasteiger partial charge in [0.1, 0.15) is 6.10 Å². The molecule has 0 bridgehead atoms. The van der Waals surface area contributed by atoms with Gasteiger partial charge in [0.05, 0.1) is 7.11 Å². The van der Waals surface area contributed by atoms with Crippen LogP contribution in [0.15, 0.2) is 24.3 Å². The molecule has 0 radical (unpaired) electrons. The number of ether oxygens (including phenoxy) is 2. The van der Waals surface area contributed by atoms with E-state index in [2.05, 4.69) is 30.5 Å². The quantitative estimate of drug-likeness (QED) is 0.843. The van der Waals surface area contributed by atoms with Crippen LogP contribution >= 0.6 is 0 Å². The predicted octanol–water partition coefficient (Wildman–Crippen LogP) is 3.00. The van der Waals surface area contributed by atoms with Gasteiger partial charge in [-0.25, -0.2) is 0 Å². The van der Waals surface area contributed by atoms with E-state index in [1.54, 1.807) is 7.11 Å². The van der Waals surface area contributed by atoms with Gasteiger partial charge < -0.3 is 14.8 Å². The Balaban J connectivity index is 2.03. The number of hydrogen-bond acceptors (Lipinski definition) is 3. The van der Waals surface area contributed by atoms with Crippen molar-refractivity contribution in [2.45, 2.75) is 38.3 Å². The summed E-state index contributed by atoms with van der Waals surface area (Å²) in [7, 11) is 1.71. The van der Waals surface area contributed by atoms with Crippen LogP contribution in [-0.2, 0) is 6.54 Å². The molecule has 0 spiro atoms. The van der Waals surface area contributed by atoms with Crippen LogP contribution in [0.25, 0.3) is 0 Å². The van der Waals surface area contributed by atoms with Gasteiger partial charge in [0.2, 0.25) is 0 Å². The van der Waals surface area contributed by atoms with E-state index in [9.17, 15) is 0 Å². The smallest absolute Gasteiger partial charge is 0.165 e. The standard InChI is InChI=1S/C16H21NO2/c1-3-17-10-11-8-9-14(18-2)16-15(11)12-6-4-5-7-13(12)19-16/h4,6,8-9,12-13,17H,3,5,7,10H2,1-2H3/t12?,13-/m0/s1. The average Bonchev–Trinajstić information content (AvgIpc) is 2.84. The summed E-state index contributed by atoms with van der Waals surface area (Å²) in [6.07, 6.45) is 7.07. The van der Waals surface area contributed by atoms with Crippen molar-refractivity contribution in [1.29, 1.82) is 0 Å². The fourth-order valence-electron chi connectivity index (χ4n) is 3.05. The Hall–Kier alpha value is -1.48. The molecule has 0 saturated carbocycles. The minimum Gasteiger partial charge on any atom is -0.493 e. The van der Waals surface area contributed by atoms with Crippen molar-refractivity contribution >= 4 is 0 Å². The Morgan fingerprint density at radius 1 is 1.42 bits per heavy atom. The van der Waals surface area contributed by atoms with E-state index in [0.29, 0.717) is 5.92 Å². The van der Waals surface area contributed by atoms with E-state index in [-0.39, 0.29) is 6.10 Å². The van der Waals surface area contributed by atoms with Crippen LogP contribution in [0.5, 0.6) is 11.5 Å². The van der Waals surface area contributed by atoms with E-state index in [4.69, 9.17) is 9.47 Å². The van der Waals surface area contributed by atoms with E-state index < -0.39 is 0 Å². The lowest BCUT2D eigenvalue weighted by atomic mass is 9.86. The first-order valence-corrected chi connectivity index (χ1v) is 7.09. The zero-order valence-corrected chi connectivity index (χ0v) is 11.6. The van der Waals surface area contributed by atoms with E-state index in [1.807, 2.05) is 6.07 Å². The predicted molar refractivity (Wildman–Crippen MR) is 75.9 cm³/mol. The van der Waals surface area contributed by atoms with E-state index in [0.717, 1.165) is 37.4 Å². The molecule has 3 heteroatoms. The first kappa shape index (κ1) is 12.5. The zero-order valence-electron chi connectivity index (χ0n) is 11.6. The molecule has 19 heavy (non-hydrogen) atoms. The second kappa shape index (κ2) is 5.25. The molecule has 0 fully saturated rings. The average molecular weight is 259 g/mol. The molecule has 3 nitrogen and oxygen atoms in total. The molecule has 1 heterocycles. The van der Waals surface area contributed by atoms with Gasteiger partial charge in [-0.1, -0.05) is 25.1 Å². The molecule has 2 atom stereocenters. The van der Waals surface area contributed by atoms with Crippen LogP contribution < -0.4 is 14.8 Å². The van der Waals surface area contributed by atoms with Crippen molar-refractivity contribution in [2.24, 2.45) is 0 Å². The zero-order chi connectivity index (χ0) is 13.2. The molecule has 0 aromatic heterocycles. The molecule has 2 aliphatic rings. The monoisotopic (exact) mass is 259 g/mol. The molecule has 1 aromatic rings. The summed E-state index contributed by atoms with van der Waals surface area (Å²) in [5.74, 6) is 2.21. The summed E-state index contributed by atoms with van der Waals surface area (Å²) in [5.41, 5.74) is 2.65. The maximum atomic E-state index is 6.15. The largest absolute Gasteiger partial charge is 0.493 e. The summed E-state index contributed by atoms with van der Waals surface area (Å²) in [6, 6.07) is 4.18. The van der Waals surface area contributed by atoms with Crippen molar-refractivity contribution in [3.63, 3.8) is 0 Å². The van der Waals surface area contributed by atoms with Gasteiger partial charge in [-0.15, -0.1) is 0 Å². The third-order valence-electron chi connectivity index (χ3n) is 4.00. The van der Waals surface area contributed by atoms with Crippen molar-refractivity contribution in [1.82, 2.24) is 5.32 Å². The van der Waals surface area contributed by atoms with Gasteiger partial charge in [-0.05, 0) is 31.0 Å². The summed E-state index contributed by atoms with van der Waals surface area (Å²) < 4.78 is 11.6. The molecule has 3 rings (SSSR count). The highest BCUT2D eigenvalue weighted by Crippen LogP contribution is 2.49. The highest BCUT2D eigenvalue weighted by Gasteiger charge is 2.37. The fourth-order valence-corrected chi connectivity index (χ4v) is 3.05. The third-order valence-corrected chi connectivity index (χ3v) is 4.00. The van der Waals surface area contributed by atoms with E-state index >= 15 is 0 Å². The summed E-state index contributed by atoms with van der Waals surface area (Å²) in [6.45, 7) is 4.00. The van der Waals surface area contributed by atoms with Crippen LogP contribution in [-0.4, -0.2) is 19.8 Å². The van der Waals surface area contributed by atoms with Crippen LogP contribution in [0, 0.1) is 0 Å². The third kappa shape index (κ3) is 2.12. The Morgan fingerprint density at radius 3 is 3.11 bits per heavy atom. The minimum atomic E-state index is 0.289. The normalized spacial score (nSPS) is 23.7. The highest BCUT2D eigenvalue weighted by molar-refractivity contribution is 5.57. The van der Waals surface area contributed by atoms with Gasteiger partial charge in [-0.2, -0.15) is 0 Å². The summed E-state index contributed by atoms with van der Waals surface area (Å²) in [5, 5.41) is 3.41. The van der Waals surface area contributed by atoms with Crippen LogP contribution in [0.3, 0.4) is 0 Å². The molecule has 102 valence electrons. The molecule has 0 saturated heterocycles. The van der Waals surface area contributed by atoms with Crippen LogP contribution in [0.1, 0.15) is 36.8 Å². The van der Waals surface area contributed by atoms with E-state index in [1.165, 1.54) is 11.1 Å². The van der Waals surface area contributed by atoms with Gasteiger partial charge in [0.25, 0.3) is 0 Å². The minimum absolute atomic E-state index is 0.289. The number of allylic oxidation sites excluding steroid dienone is 1. The first-order valence-electron chi connectivity index (χ1n) is 7.09. The number of fused-ring (bicyclic) bond motifs is 3. The maximum absolute atomic E-state index is 6.15. The fraction of sp³-hybridized carbons (Fsp3) is 0.500. The summed E-state index contributed by atoms with van der Waals surface area (Å²) >= 11 is 0. The van der Waals surface area contributed by atoms with Crippen molar-refractivity contribution in [3.8, 4) is 11.5 Å². The molecular formula is C16H21NO2. The molecule has 0 amide bonds. The first-order chi connectivity index (χ1) is 9.35. The Kier molecular flexibility index (Phi) is 3.47.